The molecule has 6 aromatic rings. The largest absolute Gasteiger partial charge is 0.506 e. The molecule has 5 aromatic heterocycles. The van der Waals surface area contributed by atoms with Gasteiger partial charge in [-0.25, -0.2) is 4.39 Å². The maximum Gasteiger partial charge on any atom is 0.134 e. The van der Waals surface area contributed by atoms with Crippen LogP contribution in [0, 0.1) is 5.82 Å². The second kappa shape index (κ2) is 9.56. The molecule has 9 nitrogen and oxygen atoms in total. The number of rotatable bonds is 7. The van der Waals surface area contributed by atoms with Crippen molar-refractivity contribution in [3.63, 3.8) is 0 Å². The summed E-state index contributed by atoms with van der Waals surface area (Å²) in [4.78, 5) is 18.6. The van der Waals surface area contributed by atoms with Crippen LogP contribution in [-0.2, 0) is 0 Å². The van der Waals surface area contributed by atoms with Gasteiger partial charge in [-0.2, -0.15) is 5.10 Å². The van der Waals surface area contributed by atoms with E-state index in [1.807, 2.05) is 38.4 Å². The summed E-state index contributed by atoms with van der Waals surface area (Å²) >= 11 is 0. The Hall–Kier alpha value is -4.83. The molecule has 0 atom stereocenters. The van der Waals surface area contributed by atoms with Crippen molar-refractivity contribution >= 4 is 27.5 Å². The number of halogens is 1. The molecule has 6 rings (SSSR count). The van der Waals surface area contributed by atoms with Crippen LogP contribution in [0.15, 0.2) is 67.3 Å². The maximum atomic E-state index is 14.6. The fourth-order valence-electron chi connectivity index (χ4n) is 4.51. The van der Waals surface area contributed by atoms with Gasteiger partial charge in [0.1, 0.15) is 17.3 Å². The molecule has 0 bridgehead atoms. The first-order valence-corrected chi connectivity index (χ1v) is 12.1. The van der Waals surface area contributed by atoms with Gasteiger partial charge in [0.05, 0.1) is 35.0 Å². The molecule has 10 heteroatoms. The summed E-state index contributed by atoms with van der Waals surface area (Å²) in [5.74, 6) is -0.259. The molecule has 38 heavy (non-hydrogen) atoms. The lowest BCUT2D eigenvalue weighted by atomic mass is 10.1. The van der Waals surface area contributed by atoms with Gasteiger partial charge in [0, 0.05) is 58.6 Å². The zero-order valence-corrected chi connectivity index (χ0v) is 20.8. The normalized spacial score (nSPS) is 11.6. The van der Waals surface area contributed by atoms with Gasteiger partial charge < -0.3 is 20.3 Å². The second-order valence-electron chi connectivity index (χ2n) is 9.38. The highest BCUT2D eigenvalue weighted by molar-refractivity contribution is 6.00. The zero-order chi connectivity index (χ0) is 26.2. The Labute approximate surface area is 217 Å². The minimum atomic E-state index is -0.329. The van der Waals surface area contributed by atoms with Crippen molar-refractivity contribution in [3.8, 4) is 39.7 Å². The molecule has 0 aliphatic heterocycles. The molecule has 0 aliphatic rings. The van der Waals surface area contributed by atoms with Crippen LogP contribution in [-0.4, -0.2) is 67.3 Å². The van der Waals surface area contributed by atoms with E-state index in [1.165, 1.54) is 18.3 Å². The number of hydrogen-bond donors (Lipinski definition) is 4. The predicted molar refractivity (Wildman–Crippen MR) is 146 cm³/mol. The van der Waals surface area contributed by atoms with Gasteiger partial charge in [0.15, 0.2) is 0 Å². The van der Waals surface area contributed by atoms with Gasteiger partial charge in [-0.1, -0.05) is 0 Å². The number of pyridine rings is 3. The molecule has 4 N–H and O–H groups in total. The minimum Gasteiger partial charge on any atom is -0.506 e. The van der Waals surface area contributed by atoms with E-state index in [4.69, 9.17) is 0 Å². The number of nitrogens with one attached hydrogen (secondary N) is 3. The minimum absolute atomic E-state index is 0.0702. The molecular weight excluding hydrogens is 483 g/mol. The number of nitrogens with zero attached hydrogens (tertiary/aromatic N) is 5. The molecule has 0 fully saturated rings. The van der Waals surface area contributed by atoms with E-state index in [2.05, 4.69) is 40.3 Å². The summed E-state index contributed by atoms with van der Waals surface area (Å²) in [6.07, 6.45) is 6.44. The monoisotopic (exact) mass is 508 g/mol. The predicted octanol–water partition coefficient (Wildman–Crippen LogP) is 5.05. The molecule has 0 saturated heterocycles. The first-order chi connectivity index (χ1) is 18.4. The van der Waals surface area contributed by atoms with Crippen LogP contribution in [0.5, 0.6) is 5.75 Å². The Morgan fingerprint density at radius 2 is 1.79 bits per heavy atom. The van der Waals surface area contributed by atoms with E-state index in [-0.39, 0.29) is 11.6 Å². The molecule has 0 spiro atoms. The highest BCUT2D eigenvalue weighted by Crippen LogP contribution is 2.35. The molecule has 0 aliphatic carbocycles. The van der Waals surface area contributed by atoms with Gasteiger partial charge in [-0.3, -0.25) is 20.1 Å². The maximum absolute atomic E-state index is 14.6. The lowest BCUT2D eigenvalue weighted by Gasteiger charge is -2.12. The van der Waals surface area contributed by atoms with Crippen molar-refractivity contribution in [2.75, 3.05) is 32.5 Å². The van der Waals surface area contributed by atoms with E-state index in [1.54, 1.807) is 24.7 Å². The smallest absolute Gasteiger partial charge is 0.134 e. The average Bonchev–Trinajstić information content (AvgIpc) is 3.51. The van der Waals surface area contributed by atoms with E-state index in [9.17, 15) is 9.50 Å². The third kappa shape index (κ3) is 4.53. The zero-order valence-electron chi connectivity index (χ0n) is 20.8. The number of benzene rings is 1. The van der Waals surface area contributed by atoms with Crippen LogP contribution >= 0.6 is 0 Å². The first-order valence-electron chi connectivity index (χ1n) is 12.1. The number of aromatic hydroxyl groups is 1. The quantitative estimate of drug-likeness (QED) is 0.238. The fourth-order valence-corrected chi connectivity index (χ4v) is 4.51. The van der Waals surface area contributed by atoms with E-state index in [0.29, 0.717) is 40.4 Å². The summed E-state index contributed by atoms with van der Waals surface area (Å²) < 4.78 is 14.6. The van der Waals surface area contributed by atoms with Crippen LogP contribution in [0.25, 0.3) is 55.7 Å². The summed E-state index contributed by atoms with van der Waals surface area (Å²) in [6.45, 7) is 1.53. The van der Waals surface area contributed by atoms with Crippen LogP contribution in [0.3, 0.4) is 0 Å². The molecular formula is C28H25FN8O. The molecule has 5 heterocycles. The van der Waals surface area contributed by atoms with Gasteiger partial charge in [-0.15, -0.1) is 0 Å². The number of H-pyrrole nitrogens is 2. The number of aromatic nitrogens is 6. The Morgan fingerprint density at radius 1 is 0.921 bits per heavy atom. The molecule has 1 aromatic carbocycles. The Kier molecular flexibility index (Phi) is 5.93. The summed E-state index contributed by atoms with van der Waals surface area (Å²) in [7, 11) is 3.99. The topological polar surface area (TPSA) is 119 Å². The molecule has 0 amide bonds. The second-order valence-corrected chi connectivity index (χ2v) is 9.38. The Morgan fingerprint density at radius 3 is 2.63 bits per heavy atom. The van der Waals surface area contributed by atoms with Crippen LogP contribution in [0.2, 0.25) is 0 Å². The number of anilines is 1. The van der Waals surface area contributed by atoms with Gasteiger partial charge in [-0.05, 0) is 56.6 Å². The molecule has 0 saturated carbocycles. The van der Waals surface area contributed by atoms with Crippen LogP contribution in [0.1, 0.15) is 0 Å². The van der Waals surface area contributed by atoms with E-state index in [0.717, 1.165) is 34.0 Å². The van der Waals surface area contributed by atoms with Crippen molar-refractivity contribution < 1.29 is 9.50 Å². The van der Waals surface area contributed by atoms with E-state index >= 15 is 0 Å². The van der Waals surface area contributed by atoms with Crippen LogP contribution < -0.4 is 5.32 Å². The average molecular weight is 509 g/mol. The van der Waals surface area contributed by atoms with Crippen molar-refractivity contribution in [2.45, 2.75) is 0 Å². The molecule has 190 valence electrons. The van der Waals surface area contributed by atoms with E-state index < -0.39 is 0 Å². The highest BCUT2D eigenvalue weighted by atomic mass is 19.1. The van der Waals surface area contributed by atoms with Crippen molar-refractivity contribution in [3.05, 3.63) is 73.1 Å². The van der Waals surface area contributed by atoms with Gasteiger partial charge in [0.25, 0.3) is 0 Å². The fraction of sp³-hybridized carbons (Fsp3) is 0.143. The summed E-state index contributed by atoms with van der Waals surface area (Å²) in [5, 5.41) is 22.4. The Balaban J connectivity index is 1.40. The Bertz CT molecular complexity index is 1770. The van der Waals surface area contributed by atoms with Crippen molar-refractivity contribution in [1.29, 1.82) is 0 Å². The van der Waals surface area contributed by atoms with Gasteiger partial charge in [0.2, 0.25) is 0 Å². The summed E-state index contributed by atoms with van der Waals surface area (Å²) in [6, 6.07) is 12.3. The molecule has 0 radical (unpaired) electrons. The van der Waals surface area contributed by atoms with Gasteiger partial charge >= 0.3 is 0 Å². The lowest BCUT2D eigenvalue weighted by molar-refractivity contribution is 0.425. The third-order valence-electron chi connectivity index (χ3n) is 6.33. The van der Waals surface area contributed by atoms with Crippen LogP contribution in [0.4, 0.5) is 10.1 Å². The number of likely N-dealkylation sites (N-methyl/N-ethyl adjacent to an activating group) is 1. The van der Waals surface area contributed by atoms with Crippen molar-refractivity contribution in [2.24, 2.45) is 0 Å². The first kappa shape index (κ1) is 23.6. The highest BCUT2D eigenvalue weighted by Gasteiger charge is 2.16. The molecule has 0 unspecified atom stereocenters. The SMILES string of the molecule is CN(C)CCNc1cc(F)cc(-c2nccc3[nH]c(-c4n[nH]c5cnc(-c6cncc(O)c6)cc45)cc23)c1. The van der Waals surface area contributed by atoms with Crippen molar-refractivity contribution in [1.82, 2.24) is 35.0 Å². The number of aromatic amines is 2. The number of hydrogen-bond acceptors (Lipinski definition) is 7. The standard InChI is InChI=1S/C28H25FN8O/c1-37(2)6-5-31-19-8-16(7-18(29)10-19)27-21-12-25(34-23(21)3-4-32-27)28-22-11-24(33-15-26(22)35-36-28)17-9-20(38)14-30-13-17/h3-4,7-15,31,34,38H,5-6H2,1-2H3,(H,35,36). The summed E-state index contributed by atoms with van der Waals surface area (Å²) in [5.41, 5.74) is 6.55. The third-order valence-corrected chi connectivity index (χ3v) is 6.33. The number of fused-ring (bicyclic) bond motifs is 2. The lowest BCUT2D eigenvalue weighted by Crippen LogP contribution is -2.20.